The van der Waals surface area contributed by atoms with Crippen molar-refractivity contribution in [3.8, 4) is 17.2 Å². The van der Waals surface area contributed by atoms with Crippen LogP contribution in [0, 0.1) is 0 Å². The molecule has 0 spiro atoms. The summed E-state index contributed by atoms with van der Waals surface area (Å²) in [5.41, 5.74) is 1.63. The number of nitrogens with zero attached hydrogens (tertiary/aromatic N) is 2. The molecule has 1 amide bonds. The predicted molar refractivity (Wildman–Crippen MR) is 108 cm³/mol. The molecule has 3 aromatic rings. The van der Waals surface area contributed by atoms with Crippen molar-refractivity contribution >= 4 is 29.3 Å². The Balaban J connectivity index is 1.55. The lowest BCUT2D eigenvalue weighted by Gasteiger charge is -2.06. The molecule has 8 nitrogen and oxygen atoms in total. The molecular formula is C20H19N3O5S. The van der Waals surface area contributed by atoms with Crippen molar-refractivity contribution in [1.29, 1.82) is 0 Å². The van der Waals surface area contributed by atoms with Gasteiger partial charge in [-0.15, -0.1) is 10.2 Å². The maximum Gasteiger partial charge on any atom is 0.338 e. The normalized spacial score (nSPS) is 10.4. The Kier molecular flexibility index (Phi) is 6.85. The van der Waals surface area contributed by atoms with E-state index < -0.39 is 5.97 Å². The first-order chi connectivity index (χ1) is 14.1. The van der Waals surface area contributed by atoms with Crippen LogP contribution in [0.3, 0.4) is 0 Å². The smallest absolute Gasteiger partial charge is 0.338 e. The molecule has 1 aromatic heterocycles. The molecule has 29 heavy (non-hydrogen) atoms. The number of methoxy groups -OCH3 is 1. The lowest BCUT2D eigenvalue weighted by atomic mass is 10.2. The molecule has 0 saturated carbocycles. The van der Waals surface area contributed by atoms with E-state index in [0.717, 1.165) is 23.1 Å². The van der Waals surface area contributed by atoms with Gasteiger partial charge in [-0.2, -0.15) is 0 Å². The molecule has 0 aliphatic rings. The van der Waals surface area contributed by atoms with Crippen LogP contribution in [0.5, 0.6) is 5.75 Å². The van der Waals surface area contributed by atoms with Gasteiger partial charge in [-0.05, 0) is 49.4 Å². The van der Waals surface area contributed by atoms with Gasteiger partial charge in [-0.3, -0.25) is 4.79 Å². The molecule has 0 aliphatic heterocycles. The number of rotatable bonds is 8. The maximum absolute atomic E-state index is 12.2. The fourth-order valence-corrected chi connectivity index (χ4v) is 2.94. The van der Waals surface area contributed by atoms with Gasteiger partial charge in [-0.1, -0.05) is 17.8 Å². The summed E-state index contributed by atoms with van der Waals surface area (Å²) in [6, 6.07) is 13.8. The van der Waals surface area contributed by atoms with Crippen LogP contribution in [0.2, 0.25) is 0 Å². The van der Waals surface area contributed by atoms with Gasteiger partial charge >= 0.3 is 5.97 Å². The number of carbonyl (C=O) groups excluding carboxylic acids is 2. The van der Waals surface area contributed by atoms with Gasteiger partial charge in [0.15, 0.2) is 0 Å². The Morgan fingerprint density at radius 1 is 1.14 bits per heavy atom. The lowest BCUT2D eigenvalue weighted by Crippen LogP contribution is -2.14. The first-order valence-electron chi connectivity index (χ1n) is 8.77. The van der Waals surface area contributed by atoms with Gasteiger partial charge in [0.2, 0.25) is 11.8 Å². The average Bonchev–Trinajstić information content (AvgIpc) is 3.22. The zero-order valence-corrected chi connectivity index (χ0v) is 16.7. The topological polar surface area (TPSA) is 104 Å². The first-order valence-corrected chi connectivity index (χ1v) is 9.75. The summed E-state index contributed by atoms with van der Waals surface area (Å²) < 4.78 is 15.7. The average molecular weight is 413 g/mol. The van der Waals surface area contributed by atoms with Gasteiger partial charge in [0.05, 0.1) is 25.0 Å². The summed E-state index contributed by atoms with van der Waals surface area (Å²) in [6.45, 7) is 2.02. The molecule has 0 unspecified atom stereocenters. The monoisotopic (exact) mass is 413 g/mol. The molecule has 0 atom stereocenters. The van der Waals surface area contributed by atoms with E-state index in [0.29, 0.717) is 17.1 Å². The van der Waals surface area contributed by atoms with E-state index >= 15 is 0 Å². The molecular weight excluding hydrogens is 394 g/mol. The Labute approximate surface area is 171 Å². The molecule has 0 saturated heterocycles. The first kappa shape index (κ1) is 20.4. The second-order valence-electron chi connectivity index (χ2n) is 5.74. The number of carbonyl (C=O) groups is 2. The molecule has 1 heterocycles. The summed E-state index contributed by atoms with van der Waals surface area (Å²) in [5, 5.41) is 10.9. The van der Waals surface area contributed by atoms with Crippen LogP contribution < -0.4 is 10.1 Å². The molecule has 0 aliphatic carbocycles. The van der Waals surface area contributed by atoms with Crippen molar-refractivity contribution in [2.24, 2.45) is 0 Å². The summed E-state index contributed by atoms with van der Waals surface area (Å²) in [5.74, 6) is 0.466. The second kappa shape index (κ2) is 9.74. The predicted octanol–water partition coefficient (Wildman–Crippen LogP) is 3.65. The Bertz CT molecular complexity index is 988. The van der Waals surface area contributed by atoms with Gasteiger partial charge in [0.1, 0.15) is 5.75 Å². The van der Waals surface area contributed by atoms with Crippen LogP contribution in [0.1, 0.15) is 17.3 Å². The van der Waals surface area contributed by atoms with Gasteiger partial charge in [0.25, 0.3) is 5.22 Å². The van der Waals surface area contributed by atoms with E-state index in [1.165, 1.54) is 0 Å². The zero-order chi connectivity index (χ0) is 20.6. The Morgan fingerprint density at radius 3 is 2.66 bits per heavy atom. The quantitative estimate of drug-likeness (QED) is 0.441. The third kappa shape index (κ3) is 5.58. The zero-order valence-electron chi connectivity index (χ0n) is 15.9. The van der Waals surface area contributed by atoms with E-state index in [1.807, 2.05) is 12.1 Å². The number of esters is 1. The third-order valence-corrected chi connectivity index (χ3v) is 4.55. The number of amides is 1. The Hall–Kier alpha value is -3.33. The highest BCUT2D eigenvalue weighted by Crippen LogP contribution is 2.25. The summed E-state index contributed by atoms with van der Waals surface area (Å²) in [7, 11) is 1.59. The number of ether oxygens (including phenoxy) is 2. The van der Waals surface area contributed by atoms with Crippen LogP contribution in [0.25, 0.3) is 11.5 Å². The fraction of sp³-hybridized carbons (Fsp3) is 0.200. The number of hydrogen-bond donors (Lipinski definition) is 1. The molecule has 2 aromatic carbocycles. The van der Waals surface area contributed by atoms with Gasteiger partial charge in [0, 0.05) is 11.3 Å². The number of benzene rings is 2. The van der Waals surface area contributed by atoms with Gasteiger partial charge in [-0.25, -0.2) is 4.79 Å². The summed E-state index contributed by atoms with van der Waals surface area (Å²) >= 11 is 1.12. The fourth-order valence-electron chi connectivity index (χ4n) is 2.38. The van der Waals surface area contributed by atoms with Crippen molar-refractivity contribution in [2.75, 3.05) is 24.8 Å². The molecule has 0 radical (unpaired) electrons. The highest BCUT2D eigenvalue weighted by molar-refractivity contribution is 7.99. The molecule has 9 heteroatoms. The van der Waals surface area contributed by atoms with E-state index in [-0.39, 0.29) is 23.5 Å². The molecule has 3 rings (SSSR count). The third-order valence-electron chi connectivity index (χ3n) is 3.73. The van der Waals surface area contributed by atoms with Crippen LogP contribution >= 0.6 is 11.8 Å². The highest BCUT2D eigenvalue weighted by atomic mass is 32.2. The van der Waals surface area contributed by atoms with E-state index in [1.54, 1.807) is 50.4 Å². The number of nitrogens with one attached hydrogen (secondary N) is 1. The maximum atomic E-state index is 12.2. The second-order valence-corrected chi connectivity index (χ2v) is 6.67. The van der Waals surface area contributed by atoms with Crippen molar-refractivity contribution in [3.63, 3.8) is 0 Å². The van der Waals surface area contributed by atoms with Crippen LogP contribution in [0.15, 0.2) is 58.2 Å². The number of hydrogen-bond acceptors (Lipinski definition) is 8. The number of aromatic nitrogens is 2. The minimum absolute atomic E-state index is 0.0773. The summed E-state index contributed by atoms with van der Waals surface area (Å²) in [6.07, 6.45) is 0. The van der Waals surface area contributed by atoms with Crippen molar-refractivity contribution in [1.82, 2.24) is 10.2 Å². The van der Waals surface area contributed by atoms with Crippen LogP contribution in [-0.2, 0) is 9.53 Å². The van der Waals surface area contributed by atoms with Crippen LogP contribution in [0.4, 0.5) is 5.69 Å². The lowest BCUT2D eigenvalue weighted by molar-refractivity contribution is -0.113. The summed E-state index contributed by atoms with van der Waals surface area (Å²) in [4.78, 5) is 24.0. The number of anilines is 1. The number of thioether (sulfide) groups is 1. The van der Waals surface area contributed by atoms with Crippen molar-refractivity contribution in [3.05, 3.63) is 54.1 Å². The van der Waals surface area contributed by atoms with Gasteiger partial charge < -0.3 is 19.2 Å². The van der Waals surface area contributed by atoms with Crippen LogP contribution in [-0.4, -0.2) is 41.5 Å². The highest BCUT2D eigenvalue weighted by Gasteiger charge is 2.13. The minimum atomic E-state index is -0.435. The largest absolute Gasteiger partial charge is 0.497 e. The molecule has 0 bridgehead atoms. The molecule has 0 fully saturated rings. The van der Waals surface area contributed by atoms with E-state index in [9.17, 15) is 9.59 Å². The van der Waals surface area contributed by atoms with E-state index in [2.05, 4.69) is 15.5 Å². The van der Waals surface area contributed by atoms with Crippen molar-refractivity contribution in [2.45, 2.75) is 12.1 Å². The standard InChI is InChI=1S/C20H19N3O5S/c1-3-27-19(25)14-5-4-6-15(11-14)21-17(24)12-29-20-23-22-18(28-20)13-7-9-16(26-2)10-8-13/h4-11H,3,12H2,1-2H3,(H,21,24). The van der Waals surface area contributed by atoms with E-state index in [4.69, 9.17) is 13.9 Å². The van der Waals surface area contributed by atoms with Crippen molar-refractivity contribution < 1.29 is 23.5 Å². The molecule has 1 N–H and O–H groups in total. The Morgan fingerprint density at radius 2 is 1.93 bits per heavy atom. The minimum Gasteiger partial charge on any atom is -0.497 e. The SMILES string of the molecule is CCOC(=O)c1cccc(NC(=O)CSc2nnc(-c3ccc(OC)cc3)o2)c1. The molecule has 150 valence electrons.